The number of hydrogen-bond donors (Lipinski definition) is 3. The van der Waals surface area contributed by atoms with Crippen molar-refractivity contribution in [1.82, 2.24) is 5.32 Å². The average molecular weight is 175 g/mol. The molecule has 3 N–H and O–H groups in total. The van der Waals surface area contributed by atoms with E-state index >= 15 is 0 Å². The van der Waals surface area contributed by atoms with Crippen molar-refractivity contribution in [2.75, 3.05) is 13.7 Å². The zero-order valence-corrected chi connectivity index (χ0v) is 6.80. The Morgan fingerprint density at radius 3 is 2.83 bits per heavy atom. The van der Waals surface area contributed by atoms with Gasteiger partial charge in [-0.3, -0.25) is 0 Å². The van der Waals surface area contributed by atoms with Crippen LogP contribution in [0, 0.1) is 0 Å². The molecule has 2 aliphatic rings. The first-order valence-electron chi connectivity index (χ1n) is 4.02. The normalized spacial score (nSPS) is 52.8. The molecule has 2 rings (SSSR count). The van der Waals surface area contributed by atoms with E-state index in [9.17, 15) is 10.2 Å². The molecule has 0 unspecified atom stereocenters. The predicted octanol–water partition coefficient (Wildman–Crippen LogP) is -1.95. The van der Waals surface area contributed by atoms with Crippen LogP contribution in [0.3, 0.4) is 0 Å². The van der Waals surface area contributed by atoms with E-state index in [2.05, 4.69) is 5.32 Å². The minimum Gasteiger partial charge on any atom is -0.389 e. The number of aliphatic hydroxyl groups excluding tert-OH is 2. The third-order valence-corrected chi connectivity index (χ3v) is 2.49. The minimum absolute atomic E-state index is 0.247. The van der Waals surface area contributed by atoms with E-state index in [1.54, 1.807) is 0 Å². The highest BCUT2D eigenvalue weighted by atomic mass is 16.7. The standard InChI is InChI=1S/C7H13NO4/c1-11-7-6(10)4-5(9)3(12-7)2-8-4/h3-10H,2H2,1H3/t3-,4+,5-,6+,7+/m1/s1. The van der Waals surface area contributed by atoms with Crippen LogP contribution in [0.2, 0.25) is 0 Å². The van der Waals surface area contributed by atoms with Crippen LogP contribution < -0.4 is 5.32 Å². The number of methoxy groups -OCH3 is 1. The summed E-state index contributed by atoms with van der Waals surface area (Å²) in [5.74, 6) is 0. The average Bonchev–Trinajstić information content (AvgIpc) is 2.31. The van der Waals surface area contributed by atoms with Crippen LogP contribution in [-0.4, -0.2) is 54.5 Å². The molecule has 5 heteroatoms. The van der Waals surface area contributed by atoms with Crippen molar-refractivity contribution in [3.63, 3.8) is 0 Å². The van der Waals surface area contributed by atoms with Gasteiger partial charge in [-0.25, -0.2) is 0 Å². The molecule has 12 heavy (non-hydrogen) atoms. The van der Waals surface area contributed by atoms with Gasteiger partial charge in [0.25, 0.3) is 0 Å². The molecule has 0 aromatic heterocycles. The first-order valence-corrected chi connectivity index (χ1v) is 4.02. The van der Waals surface area contributed by atoms with Crippen LogP contribution in [-0.2, 0) is 9.47 Å². The van der Waals surface area contributed by atoms with Crippen LogP contribution in [0.1, 0.15) is 0 Å². The Morgan fingerprint density at radius 1 is 1.42 bits per heavy atom. The number of fused-ring (bicyclic) bond motifs is 2. The van der Waals surface area contributed by atoms with Crippen molar-refractivity contribution in [2.45, 2.75) is 30.6 Å². The molecule has 0 aromatic rings. The number of aliphatic hydroxyl groups is 2. The van der Waals surface area contributed by atoms with Gasteiger partial charge in [-0.2, -0.15) is 0 Å². The Hall–Kier alpha value is -0.200. The maximum Gasteiger partial charge on any atom is 0.185 e. The molecule has 0 spiro atoms. The van der Waals surface area contributed by atoms with Crippen molar-refractivity contribution in [3.05, 3.63) is 0 Å². The van der Waals surface area contributed by atoms with Crippen LogP contribution in [0.5, 0.6) is 0 Å². The van der Waals surface area contributed by atoms with Crippen molar-refractivity contribution in [2.24, 2.45) is 0 Å². The second kappa shape index (κ2) is 2.93. The molecule has 0 radical (unpaired) electrons. The summed E-state index contributed by atoms with van der Waals surface area (Å²) >= 11 is 0. The summed E-state index contributed by atoms with van der Waals surface area (Å²) in [5.41, 5.74) is 0. The fourth-order valence-corrected chi connectivity index (χ4v) is 1.79. The Kier molecular flexibility index (Phi) is 2.05. The summed E-state index contributed by atoms with van der Waals surface area (Å²) in [6, 6.07) is -0.311. The smallest absolute Gasteiger partial charge is 0.185 e. The maximum absolute atomic E-state index is 9.55. The van der Waals surface area contributed by atoms with Crippen molar-refractivity contribution in [3.8, 4) is 0 Å². The van der Waals surface area contributed by atoms with Crippen LogP contribution >= 0.6 is 0 Å². The highest BCUT2D eigenvalue weighted by molar-refractivity contribution is 5.00. The van der Waals surface area contributed by atoms with E-state index in [4.69, 9.17) is 9.47 Å². The summed E-state index contributed by atoms with van der Waals surface area (Å²) in [6.07, 6.45) is -2.27. The Bertz CT molecular complexity index is 177. The van der Waals surface area contributed by atoms with Crippen LogP contribution in [0.25, 0.3) is 0 Å². The van der Waals surface area contributed by atoms with Gasteiger partial charge in [-0.15, -0.1) is 0 Å². The van der Waals surface area contributed by atoms with Crippen molar-refractivity contribution >= 4 is 0 Å². The monoisotopic (exact) mass is 175 g/mol. The lowest BCUT2D eigenvalue weighted by Crippen LogP contribution is -2.55. The molecule has 70 valence electrons. The van der Waals surface area contributed by atoms with E-state index in [1.165, 1.54) is 7.11 Å². The predicted molar refractivity (Wildman–Crippen MR) is 39.5 cm³/mol. The molecule has 5 nitrogen and oxygen atoms in total. The molecular weight excluding hydrogens is 162 g/mol. The van der Waals surface area contributed by atoms with Crippen molar-refractivity contribution < 1.29 is 19.7 Å². The van der Waals surface area contributed by atoms with Gasteiger partial charge in [0.2, 0.25) is 0 Å². The third-order valence-electron chi connectivity index (χ3n) is 2.49. The largest absolute Gasteiger partial charge is 0.389 e. The van der Waals surface area contributed by atoms with Crippen molar-refractivity contribution in [1.29, 1.82) is 0 Å². The summed E-state index contributed by atoms with van der Waals surface area (Å²) in [6.45, 7) is 0.572. The number of hydrogen-bond acceptors (Lipinski definition) is 5. The van der Waals surface area contributed by atoms with Gasteiger partial charge in [0.1, 0.15) is 12.2 Å². The Labute approximate surface area is 70.3 Å². The Balaban J connectivity index is 2.12. The van der Waals surface area contributed by atoms with Crippen LogP contribution in [0.15, 0.2) is 0 Å². The number of rotatable bonds is 1. The highest BCUT2D eigenvalue weighted by Gasteiger charge is 2.48. The highest BCUT2D eigenvalue weighted by Crippen LogP contribution is 2.25. The molecule has 0 amide bonds. The number of ether oxygens (including phenoxy) is 2. The Morgan fingerprint density at radius 2 is 2.17 bits per heavy atom. The van der Waals surface area contributed by atoms with E-state index in [1.807, 2.05) is 0 Å². The second-order valence-electron chi connectivity index (χ2n) is 3.19. The van der Waals surface area contributed by atoms with E-state index < -0.39 is 18.5 Å². The first-order chi connectivity index (χ1) is 5.74. The summed E-state index contributed by atoms with van der Waals surface area (Å²) in [4.78, 5) is 0. The molecule has 2 aliphatic heterocycles. The minimum atomic E-state index is -0.788. The number of nitrogens with one attached hydrogen (secondary N) is 1. The zero-order valence-electron chi connectivity index (χ0n) is 6.80. The molecular formula is C7H13NO4. The molecule has 2 fully saturated rings. The van der Waals surface area contributed by atoms with Gasteiger partial charge < -0.3 is 25.0 Å². The third kappa shape index (κ3) is 1.06. The molecule has 5 atom stereocenters. The van der Waals surface area contributed by atoms with E-state index in [-0.39, 0.29) is 12.1 Å². The molecule has 2 heterocycles. The lowest BCUT2D eigenvalue weighted by atomic mass is 10.0. The van der Waals surface area contributed by atoms with Gasteiger partial charge in [-0.1, -0.05) is 0 Å². The van der Waals surface area contributed by atoms with E-state index in [0.29, 0.717) is 6.54 Å². The van der Waals surface area contributed by atoms with Gasteiger partial charge in [0, 0.05) is 13.7 Å². The molecule has 0 saturated carbocycles. The zero-order chi connectivity index (χ0) is 8.72. The fraction of sp³-hybridized carbons (Fsp3) is 1.00. The van der Waals surface area contributed by atoms with Gasteiger partial charge in [0.05, 0.1) is 12.1 Å². The van der Waals surface area contributed by atoms with Gasteiger partial charge in [-0.05, 0) is 0 Å². The summed E-state index contributed by atoms with van der Waals surface area (Å²) < 4.78 is 10.2. The SMILES string of the molecule is CO[C@H]1O[C@@H]2CN[C@H]([C@@H]1O)[C@@H]2O. The lowest BCUT2D eigenvalue weighted by Gasteiger charge is -2.35. The van der Waals surface area contributed by atoms with Gasteiger partial charge in [0.15, 0.2) is 6.29 Å². The molecule has 2 saturated heterocycles. The molecule has 0 aliphatic carbocycles. The first kappa shape index (κ1) is 8.40. The molecule has 0 aromatic carbocycles. The van der Waals surface area contributed by atoms with Crippen LogP contribution in [0.4, 0.5) is 0 Å². The fourth-order valence-electron chi connectivity index (χ4n) is 1.79. The van der Waals surface area contributed by atoms with Gasteiger partial charge >= 0.3 is 0 Å². The van der Waals surface area contributed by atoms with E-state index in [0.717, 1.165) is 0 Å². The summed E-state index contributed by atoms with van der Waals surface area (Å²) in [5, 5.41) is 22.0. The second-order valence-corrected chi connectivity index (χ2v) is 3.19. The topological polar surface area (TPSA) is 71.0 Å². The molecule has 2 bridgehead atoms. The summed E-state index contributed by atoms with van der Waals surface area (Å²) in [7, 11) is 1.48. The maximum atomic E-state index is 9.55. The quantitative estimate of drug-likeness (QED) is 0.432. The lowest BCUT2D eigenvalue weighted by molar-refractivity contribution is -0.245.